The molecule has 0 saturated heterocycles. The molecule has 2 nitrogen and oxygen atoms in total. The van der Waals surface area contributed by atoms with Crippen molar-refractivity contribution in [3.8, 4) is 5.75 Å². The maximum Gasteiger partial charge on any atom is 0.119 e. The van der Waals surface area contributed by atoms with Crippen LogP contribution >= 0.6 is 0 Å². The summed E-state index contributed by atoms with van der Waals surface area (Å²) >= 11 is 0. The lowest BCUT2D eigenvalue weighted by Crippen LogP contribution is -2.49. The Hall–Kier alpha value is -1.02. The van der Waals surface area contributed by atoms with Crippen LogP contribution in [0.1, 0.15) is 45.6 Å². The Kier molecular flexibility index (Phi) is 4.51. The molecule has 0 amide bonds. The highest BCUT2D eigenvalue weighted by Gasteiger charge is 2.44. The zero-order valence-electron chi connectivity index (χ0n) is 12.7. The smallest absolute Gasteiger partial charge is 0.119 e. The highest BCUT2D eigenvalue weighted by atomic mass is 16.5. The van der Waals surface area contributed by atoms with E-state index in [-0.39, 0.29) is 0 Å². The number of methoxy groups -OCH3 is 1. The molecule has 0 unspecified atom stereocenters. The topological polar surface area (TPSA) is 21.3 Å². The molecule has 106 valence electrons. The third kappa shape index (κ3) is 3.11. The molecule has 0 heterocycles. The van der Waals surface area contributed by atoms with E-state index in [0.29, 0.717) is 11.5 Å². The number of hydrogen-bond donors (Lipinski definition) is 1. The molecular formula is C17H27NO. The molecule has 0 atom stereocenters. The summed E-state index contributed by atoms with van der Waals surface area (Å²) < 4.78 is 5.38. The minimum Gasteiger partial charge on any atom is -0.497 e. The van der Waals surface area contributed by atoms with Crippen molar-refractivity contribution in [2.45, 2.75) is 51.5 Å². The molecule has 1 aliphatic rings. The largest absolute Gasteiger partial charge is 0.497 e. The van der Waals surface area contributed by atoms with Crippen molar-refractivity contribution in [3.05, 3.63) is 29.8 Å². The Morgan fingerprint density at radius 3 is 2.68 bits per heavy atom. The van der Waals surface area contributed by atoms with Crippen molar-refractivity contribution in [2.24, 2.45) is 5.92 Å². The molecule has 0 radical (unpaired) electrons. The molecule has 0 aromatic heterocycles. The van der Waals surface area contributed by atoms with E-state index in [1.165, 1.54) is 24.8 Å². The predicted molar refractivity (Wildman–Crippen MR) is 80.8 cm³/mol. The van der Waals surface area contributed by atoms with Crippen LogP contribution in [0.4, 0.5) is 0 Å². The number of benzene rings is 1. The van der Waals surface area contributed by atoms with E-state index < -0.39 is 0 Å². The first-order valence-corrected chi connectivity index (χ1v) is 7.47. The van der Waals surface area contributed by atoms with Crippen molar-refractivity contribution in [2.75, 3.05) is 13.7 Å². The summed E-state index contributed by atoms with van der Waals surface area (Å²) in [6.07, 6.45) is 3.90. The fourth-order valence-corrected chi connectivity index (χ4v) is 3.17. The van der Waals surface area contributed by atoms with Gasteiger partial charge in [-0.3, -0.25) is 0 Å². The number of nitrogens with one attached hydrogen (secondary N) is 1. The Bertz CT molecular complexity index is 407. The fourth-order valence-electron chi connectivity index (χ4n) is 3.17. The van der Waals surface area contributed by atoms with Gasteiger partial charge in [0.05, 0.1) is 7.11 Å². The molecule has 0 spiro atoms. The highest BCUT2D eigenvalue weighted by Crippen LogP contribution is 2.49. The van der Waals surface area contributed by atoms with E-state index in [9.17, 15) is 0 Å². The molecule has 1 N–H and O–H groups in total. The molecule has 1 aliphatic carbocycles. The Morgan fingerprint density at radius 2 is 2.11 bits per heavy atom. The Balaban J connectivity index is 2.17. The van der Waals surface area contributed by atoms with Crippen LogP contribution in [0.25, 0.3) is 0 Å². The van der Waals surface area contributed by atoms with Gasteiger partial charge in [-0.25, -0.2) is 0 Å². The second-order valence-electron chi connectivity index (χ2n) is 6.23. The maximum absolute atomic E-state index is 5.38. The van der Waals surface area contributed by atoms with Crippen LogP contribution in [0.5, 0.6) is 5.75 Å². The summed E-state index contributed by atoms with van der Waals surface area (Å²) in [7, 11) is 1.74. The molecule has 0 bridgehead atoms. The van der Waals surface area contributed by atoms with Crippen molar-refractivity contribution in [3.63, 3.8) is 0 Å². The third-order valence-electron chi connectivity index (χ3n) is 4.47. The van der Waals surface area contributed by atoms with Crippen LogP contribution < -0.4 is 10.1 Å². The second-order valence-corrected chi connectivity index (χ2v) is 6.23. The van der Waals surface area contributed by atoms with Gasteiger partial charge in [0.2, 0.25) is 0 Å². The van der Waals surface area contributed by atoms with E-state index in [0.717, 1.165) is 18.2 Å². The summed E-state index contributed by atoms with van der Waals surface area (Å²) in [5.41, 5.74) is 1.75. The number of rotatable bonds is 6. The SMILES string of the molecule is CCC1CC(CNC(C)C)(c2cccc(OC)c2)C1. The molecular weight excluding hydrogens is 234 g/mol. The quantitative estimate of drug-likeness (QED) is 0.842. The van der Waals surface area contributed by atoms with E-state index in [1.807, 2.05) is 6.07 Å². The van der Waals surface area contributed by atoms with Crippen molar-refractivity contribution < 1.29 is 4.74 Å². The lowest BCUT2D eigenvalue weighted by atomic mass is 9.58. The molecule has 1 aromatic rings. The van der Waals surface area contributed by atoms with Gasteiger partial charge in [0.15, 0.2) is 0 Å². The van der Waals surface area contributed by atoms with Crippen LogP contribution in [-0.4, -0.2) is 19.7 Å². The van der Waals surface area contributed by atoms with Gasteiger partial charge in [-0.2, -0.15) is 0 Å². The maximum atomic E-state index is 5.38. The molecule has 1 aromatic carbocycles. The first-order valence-electron chi connectivity index (χ1n) is 7.47. The lowest BCUT2D eigenvalue weighted by Gasteiger charge is -2.49. The molecule has 19 heavy (non-hydrogen) atoms. The van der Waals surface area contributed by atoms with Gasteiger partial charge in [0.1, 0.15) is 5.75 Å². The summed E-state index contributed by atoms with van der Waals surface area (Å²) in [6.45, 7) is 7.81. The molecule has 0 aliphatic heterocycles. The van der Waals surface area contributed by atoms with Crippen LogP contribution in [0.2, 0.25) is 0 Å². The molecule has 2 rings (SSSR count). The monoisotopic (exact) mass is 261 g/mol. The Morgan fingerprint density at radius 1 is 1.37 bits per heavy atom. The van der Waals surface area contributed by atoms with Crippen LogP contribution in [0.3, 0.4) is 0 Å². The first-order chi connectivity index (χ1) is 9.09. The predicted octanol–water partition coefficient (Wildman–Crippen LogP) is 3.75. The minimum absolute atomic E-state index is 0.319. The van der Waals surface area contributed by atoms with Crippen LogP contribution in [0.15, 0.2) is 24.3 Å². The van der Waals surface area contributed by atoms with Gasteiger partial charge >= 0.3 is 0 Å². The van der Waals surface area contributed by atoms with Crippen LogP contribution in [-0.2, 0) is 5.41 Å². The van der Waals surface area contributed by atoms with Gasteiger partial charge in [0.25, 0.3) is 0 Å². The van der Waals surface area contributed by atoms with Crippen LogP contribution in [0, 0.1) is 5.92 Å². The van der Waals surface area contributed by atoms with Gasteiger partial charge in [-0.1, -0.05) is 39.3 Å². The second kappa shape index (κ2) is 5.96. The molecule has 1 fully saturated rings. The molecule has 1 saturated carbocycles. The van der Waals surface area contributed by atoms with E-state index in [4.69, 9.17) is 4.74 Å². The van der Waals surface area contributed by atoms with E-state index >= 15 is 0 Å². The average Bonchev–Trinajstić information content (AvgIpc) is 2.37. The summed E-state index contributed by atoms with van der Waals surface area (Å²) in [5.74, 6) is 1.86. The molecule has 2 heteroatoms. The van der Waals surface area contributed by atoms with E-state index in [2.05, 4.69) is 44.3 Å². The van der Waals surface area contributed by atoms with Crippen molar-refractivity contribution >= 4 is 0 Å². The van der Waals surface area contributed by atoms with Crippen molar-refractivity contribution in [1.82, 2.24) is 5.32 Å². The normalized spacial score (nSPS) is 26.3. The van der Waals surface area contributed by atoms with Gasteiger partial charge < -0.3 is 10.1 Å². The lowest BCUT2D eigenvalue weighted by molar-refractivity contribution is 0.131. The van der Waals surface area contributed by atoms with Crippen molar-refractivity contribution in [1.29, 1.82) is 0 Å². The summed E-state index contributed by atoms with van der Waals surface area (Å²) in [5, 5.41) is 3.63. The summed E-state index contributed by atoms with van der Waals surface area (Å²) in [4.78, 5) is 0. The fraction of sp³-hybridized carbons (Fsp3) is 0.647. The summed E-state index contributed by atoms with van der Waals surface area (Å²) in [6, 6.07) is 9.17. The standard InChI is InChI=1S/C17H27NO/c1-5-14-10-17(11-14,12-18-13(2)3)15-7-6-8-16(9-15)19-4/h6-9,13-14,18H,5,10-12H2,1-4H3. The van der Waals surface area contributed by atoms with E-state index in [1.54, 1.807) is 7.11 Å². The Labute approximate surface area is 117 Å². The zero-order chi connectivity index (χ0) is 13.9. The first kappa shape index (κ1) is 14.4. The third-order valence-corrected chi connectivity index (χ3v) is 4.47. The highest BCUT2D eigenvalue weighted by molar-refractivity contribution is 5.36. The number of hydrogen-bond acceptors (Lipinski definition) is 2. The average molecular weight is 261 g/mol. The minimum atomic E-state index is 0.319. The zero-order valence-corrected chi connectivity index (χ0v) is 12.7. The van der Waals surface area contributed by atoms with Gasteiger partial charge in [0, 0.05) is 18.0 Å². The van der Waals surface area contributed by atoms with Gasteiger partial charge in [-0.05, 0) is 36.5 Å². The van der Waals surface area contributed by atoms with Gasteiger partial charge in [-0.15, -0.1) is 0 Å². The number of ether oxygens (including phenoxy) is 1.